The third-order valence-electron chi connectivity index (χ3n) is 5.23. The lowest BCUT2D eigenvalue weighted by Crippen LogP contribution is -2.31. The number of nitrogens with zero attached hydrogens (tertiary/aromatic N) is 2. The van der Waals surface area contributed by atoms with Crippen LogP contribution in [0.2, 0.25) is 5.02 Å². The van der Waals surface area contributed by atoms with Crippen LogP contribution in [0.15, 0.2) is 59.7 Å². The Hall–Kier alpha value is -3.48. The molecule has 1 aliphatic heterocycles. The van der Waals surface area contributed by atoms with Crippen LogP contribution in [-0.2, 0) is 12.8 Å². The highest BCUT2D eigenvalue weighted by atomic mass is 35.5. The van der Waals surface area contributed by atoms with E-state index in [9.17, 15) is 4.79 Å². The summed E-state index contributed by atoms with van der Waals surface area (Å²) in [7, 11) is 2.52. The van der Waals surface area contributed by atoms with Crippen LogP contribution in [0.1, 0.15) is 25.0 Å². The zero-order chi connectivity index (χ0) is 24.2. The second kappa shape index (κ2) is 10.2. The molecule has 10 heteroatoms. The highest BCUT2D eigenvalue weighted by Crippen LogP contribution is 2.29. The van der Waals surface area contributed by atoms with Crippen molar-refractivity contribution >= 4 is 61.4 Å². The average Bonchev–Trinajstić information content (AvgIpc) is 2.79. The smallest absolute Gasteiger partial charge is 0.323 e. The molecule has 8 nitrogen and oxygen atoms in total. The zero-order valence-electron chi connectivity index (χ0n) is 18.8. The fourth-order valence-corrected chi connectivity index (χ4v) is 4.05. The van der Waals surface area contributed by atoms with E-state index in [1.165, 1.54) is 0 Å². The highest BCUT2D eigenvalue weighted by molar-refractivity contribution is 7.22. The summed E-state index contributed by atoms with van der Waals surface area (Å²) in [5, 5.41) is 21.2. The number of anilines is 5. The predicted molar refractivity (Wildman–Crippen MR) is 142 cm³/mol. The van der Waals surface area contributed by atoms with E-state index in [4.69, 9.17) is 17.0 Å². The van der Waals surface area contributed by atoms with E-state index in [0.29, 0.717) is 34.6 Å². The maximum Gasteiger partial charge on any atom is 0.323 e. The Morgan fingerprint density at radius 3 is 2.68 bits per heavy atom. The van der Waals surface area contributed by atoms with Crippen LogP contribution in [0, 0.1) is 5.41 Å². The fraction of sp³-hybridized carbons (Fsp3) is 0.167. The molecule has 6 bridgehead atoms. The third-order valence-corrected chi connectivity index (χ3v) is 5.80. The summed E-state index contributed by atoms with van der Waals surface area (Å²) in [4.78, 5) is 21.5. The second-order valence-electron chi connectivity index (χ2n) is 7.97. The molecule has 0 spiro atoms. The second-order valence-corrected chi connectivity index (χ2v) is 9.25. The van der Waals surface area contributed by atoms with Crippen LogP contribution < -0.4 is 21.3 Å². The van der Waals surface area contributed by atoms with Crippen molar-refractivity contribution in [2.75, 3.05) is 16.0 Å². The van der Waals surface area contributed by atoms with Gasteiger partial charge in [-0.1, -0.05) is 23.7 Å². The van der Waals surface area contributed by atoms with Crippen molar-refractivity contribution in [2.24, 2.45) is 0 Å². The number of rotatable bonds is 3. The van der Waals surface area contributed by atoms with Crippen molar-refractivity contribution in [3.05, 3.63) is 75.8 Å². The minimum absolute atomic E-state index is 0.280. The largest absolute Gasteiger partial charge is 0.339 e. The molecule has 34 heavy (non-hydrogen) atoms. The number of halogens is 1. The summed E-state index contributed by atoms with van der Waals surface area (Å²) in [5.41, 5.74) is 5.18. The van der Waals surface area contributed by atoms with Gasteiger partial charge in [0.05, 0.1) is 17.6 Å². The van der Waals surface area contributed by atoms with Gasteiger partial charge < -0.3 is 26.7 Å². The minimum Gasteiger partial charge on any atom is -0.339 e. The first kappa shape index (κ1) is 23.7. The molecule has 2 aromatic carbocycles. The Balaban J connectivity index is 1.68. The number of benzene rings is 2. The molecule has 5 N–H and O–H groups in total. The molecule has 1 atom stereocenters. The van der Waals surface area contributed by atoms with Crippen LogP contribution in [0.25, 0.3) is 0 Å². The molecule has 0 saturated carbocycles. The van der Waals surface area contributed by atoms with E-state index in [1.807, 2.05) is 37.3 Å². The lowest BCUT2D eigenvalue weighted by Gasteiger charge is -2.16. The first-order valence-corrected chi connectivity index (χ1v) is 11.6. The Labute approximate surface area is 205 Å². The molecule has 1 aromatic heterocycles. The number of allylic oxidation sites excluding steroid dienone is 2. The van der Waals surface area contributed by atoms with Crippen molar-refractivity contribution in [2.45, 2.75) is 26.7 Å². The first-order chi connectivity index (χ1) is 16.3. The van der Waals surface area contributed by atoms with Gasteiger partial charge in [0.1, 0.15) is 5.02 Å². The zero-order valence-corrected chi connectivity index (χ0v) is 20.7. The molecule has 1 unspecified atom stereocenters. The predicted octanol–water partition coefficient (Wildman–Crippen LogP) is 5.98. The van der Waals surface area contributed by atoms with E-state index in [2.05, 4.69) is 52.6 Å². The van der Waals surface area contributed by atoms with Gasteiger partial charge in [-0.15, -0.1) is 9.24 Å². The maximum atomic E-state index is 12.7. The van der Waals surface area contributed by atoms with Crippen molar-refractivity contribution in [1.29, 1.82) is 5.41 Å². The fourth-order valence-electron chi connectivity index (χ4n) is 3.62. The van der Waals surface area contributed by atoms with Crippen molar-refractivity contribution in [3.63, 3.8) is 0 Å². The Morgan fingerprint density at radius 2 is 1.91 bits per heavy atom. The quantitative estimate of drug-likeness (QED) is 0.227. The van der Waals surface area contributed by atoms with Gasteiger partial charge in [0.25, 0.3) is 0 Å². The van der Waals surface area contributed by atoms with Gasteiger partial charge in [0, 0.05) is 17.1 Å². The number of fused-ring (bicyclic) bond motifs is 6. The monoisotopic (exact) mass is 493 g/mol. The lowest BCUT2D eigenvalue weighted by atomic mass is 10.0. The maximum absolute atomic E-state index is 12.7. The molecule has 4 rings (SSSR count). The van der Waals surface area contributed by atoms with Gasteiger partial charge in [0.15, 0.2) is 5.82 Å². The van der Waals surface area contributed by atoms with E-state index in [1.54, 1.807) is 13.1 Å². The molecular weight excluding hydrogens is 469 g/mol. The standard InChI is InChI=1S/C24H25ClN7OP/c1-13(26)21(14(2)34)31-24(33)30-20-9-8-18-11-16(20)7-6-15-4-3-5-17(10-15)29-23-27-12-19(25)22(28-18)32-23/h3-5,8-12,26H,6-7,34H2,1-2H3,(H2,30,31,33)(H2,27,28,29,32)/b21-14+,26-13?. The summed E-state index contributed by atoms with van der Waals surface area (Å²) in [6.07, 6.45) is 3.01. The summed E-state index contributed by atoms with van der Waals surface area (Å²) in [6.45, 7) is 3.46. The Kier molecular flexibility index (Phi) is 7.10. The van der Waals surface area contributed by atoms with Crippen molar-refractivity contribution < 1.29 is 4.79 Å². The van der Waals surface area contributed by atoms with Crippen molar-refractivity contribution in [3.8, 4) is 0 Å². The van der Waals surface area contributed by atoms with Gasteiger partial charge >= 0.3 is 6.03 Å². The summed E-state index contributed by atoms with van der Waals surface area (Å²) < 4.78 is 0. The SMILES string of the molecule is CC(=N)/C(NC(=O)Nc1ccc2cc1CCc1cccc(c1)Nc1ncc(Cl)c(n1)N2)=C(/C)P. The summed E-state index contributed by atoms with van der Waals surface area (Å²) in [5.74, 6) is 0.916. The number of hydrogen-bond acceptors (Lipinski definition) is 6. The van der Waals surface area contributed by atoms with E-state index in [-0.39, 0.29) is 5.71 Å². The van der Waals surface area contributed by atoms with Gasteiger partial charge in [-0.3, -0.25) is 0 Å². The molecular formula is C24H25ClN7OP. The molecule has 0 radical (unpaired) electrons. The van der Waals surface area contributed by atoms with Crippen LogP contribution in [0.5, 0.6) is 0 Å². The number of nitrogens with one attached hydrogen (secondary N) is 5. The van der Waals surface area contributed by atoms with Gasteiger partial charge in [-0.25, -0.2) is 9.78 Å². The molecule has 1 aliphatic rings. The topological polar surface area (TPSA) is 115 Å². The van der Waals surface area contributed by atoms with E-state index >= 15 is 0 Å². The molecule has 0 fully saturated rings. The number of aryl methyl sites for hydroxylation is 2. The molecule has 3 aromatic rings. The number of amides is 2. The van der Waals surface area contributed by atoms with Crippen LogP contribution in [0.3, 0.4) is 0 Å². The van der Waals surface area contributed by atoms with Crippen LogP contribution in [0.4, 0.5) is 33.6 Å². The average molecular weight is 494 g/mol. The minimum atomic E-state index is -0.405. The number of carbonyl (C=O) groups is 1. The summed E-state index contributed by atoms with van der Waals surface area (Å²) in [6, 6.07) is 13.3. The highest BCUT2D eigenvalue weighted by Gasteiger charge is 2.14. The normalized spacial score (nSPS) is 13.1. The third kappa shape index (κ3) is 5.71. The summed E-state index contributed by atoms with van der Waals surface area (Å²) >= 11 is 6.33. The van der Waals surface area contributed by atoms with Gasteiger partial charge in [0.2, 0.25) is 5.95 Å². The number of urea groups is 1. The lowest BCUT2D eigenvalue weighted by molar-refractivity contribution is 0.254. The Morgan fingerprint density at radius 1 is 1.12 bits per heavy atom. The van der Waals surface area contributed by atoms with Crippen LogP contribution in [-0.4, -0.2) is 21.7 Å². The molecule has 0 aliphatic carbocycles. The number of aromatic nitrogens is 2. The first-order valence-electron chi connectivity index (χ1n) is 10.7. The number of carbonyl (C=O) groups excluding carboxylic acids is 1. The molecule has 2 amide bonds. The molecule has 2 heterocycles. The molecule has 174 valence electrons. The van der Waals surface area contributed by atoms with Crippen molar-refractivity contribution in [1.82, 2.24) is 15.3 Å². The van der Waals surface area contributed by atoms with E-state index in [0.717, 1.165) is 34.2 Å². The molecule has 0 saturated heterocycles. The Bertz CT molecular complexity index is 1300. The van der Waals surface area contributed by atoms with Gasteiger partial charge in [-0.2, -0.15) is 4.98 Å². The van der Waals surface area contributed by atoms with Gasteiger partial charge in [-0.05, 0) is 73.5 Å². The van der Waals surface area contributed by atoms with Crippen LogP contribution >= 0.6 is 20.8 Å². The van der Waals surface area contributed by atoms with E-state index < -0.39 is 6.03 Å². The number of hydrogen-bond donors (Lipinski definition) is 5.